The van der Waals surface area contributed by atoms with Crippen LogP contribution in [0.1, 0.15) is 22.5 Å². The number of ether oxygens (including phenoxy) is 1. The summed E-state index contributed by atoms with van der Waals surface area (Å²) in [5.41, 5.74) is 0.798. The average Bonchev–Trinajstić information content (AvgIpc) is 3.06. The minimum absolute atomic E-state index is 0.00117. The summed E-state index contributed by atoms with van der Waals surface area (Å²) in [6, 6.07) is 5.73. The van der Waals surface area contributed by atoms with Crippen molar-refractivity contribution < 1.29 is 9.53 Å². The molecule has 122 valence electrons. The molecule has 1 aliphatic heterocycles. The molecule has 1 aliphatic rings. The second-order valence-electron chi connectivity index (χ2n) is 5.56. The number of likely N-dealkylation sites (N-methyl/N-ethyl adjacent to an activating group) is 1. The first-order valence-corrected chi connectivity index (χ1v) is 8.50. The average molecular weight is 332 g/mol. The van der Waals surface area contributed by atoms with Gasteiger partial charge in [-0.1, -0.05) is 6.07 Å². The van der Waals surface area contributed by atoms with Crippen molar-refractivity contribution in [1.82, 2.24) is 20.2 Å². The van der Waals surface area contributed by atoms with E-state index in [0.717, 1.165) is 23.7 Å². The van der Waals surface area contributed by atoms with Gasteiger partial charge in [0, 0.05) is 24.2 Å². The quantitative estimate of drug-likeness (QED) is 0.896. The van der Waals surface area contributed by atoms with E-state index in [4.69, 9.17) is 4.74 Å². The monoisotopic (exact) mass is 332 g/mol. The van der Waals surface area contributed by atoms with Crippen molar-refractivity contribution in [1.29, 1.82) is 0 Å². The Balaban J connectivity index is 1.56. The van der Waals surface area contributed by atoms with Gasteiger partial charge >= 0.3 is 0 Å². The number of rotatable bonds is 5. The van der Waals surface area contributed by atoms with E-state index in [1.54, 1.807) is 17.5 Å². The summed E-state index contributed by atoms with van der Waals surface area (Å²) >= 11 is 1.59. The minimum Gasteiger partial charge on any atom is -0.368 e. The van der Waals surface area contributed by atoms with Crippen LogP contribution in [-0.4, -0.2) is 47.5 Å². The number of carbonyl (C=O) groups excluding carboxylic acids is 1. The maximum atomic E-state index is 11.9. The van der Waals surface area contributed by atoms with Gasteiger partial charge in [0.1, 0.15) is 6.10 Å². The molecular formula is C16H20N4O2S. The Hall–Kier alpha value is -1.83. The SMILES string of the molecule is CN1CCOC(c2nccc(CNC(=O)Cc3cccs3)n2)C1. The van der Waals surface area contributed by atoms with Crippen molar-refractivity contribution in [3.63, 3.8) is 0 Å². The lowest BCUT2D eigenvalue weighted by molar-refractivity contribution is -0.120. The Morgan fingerprint density at radius 2 is 2.43 bits per heavy atom. The van der Waals surface area contributed by atoms with Crippen molar-refractivity contribution in [2.24, 2.45) is 0 Å². The summed E-state index contributed by atoms with van der Waals surface area (Å²) in [5, 5.41) is 4.88. The molecule has 0 aliphatic carbocycles. The second kappa shape index (κ2) is 7.63. The highest BCUT2D eigenvalue weighted by atomic mass is 32.1. The molecule has 7 heteroatoms. The van der Waals surface area contributed by atoms with E-state index < -0.39 is 0 Å². The van der Waals surface area contributed by atoms with E-state index >= 15 is 0 Å². The zero-order valence-corrected chi connectivity index (χ0v) is 13.9. The van der Waals surface area contributed by atoms with Crippen LogP contribution in [0.25, 0.3) is 0 Å². The number of carbonyl (C=O) groups is 1. The first-order chi connectivity index (χ1) is 11.2. The molecule has 3 heterocycles. The van der Waals surface area contributed by atoms with Crippen LogP contribution in [0.3, 0.4) is 0 Å². The molecule has 6 nitrogen and oxygen atoms in total. The maximum absolute atomic E-state index is 11.9. The van der Waals surface area contributed by atoms with Gasteiger partial charge in [0.15, 0.2) is 5.82 Å². The molecular weight excluding hydrogens is 312 g/mol. The molecule has 1 unspecified atom stereocenters. The third-order valence-electron chi connectivity index (χ3n) is 3.67. The lowest BCUT2D eigenvalue weighted by atomic mass is 10.2. The van der Waals surface area contributed by atoms with Crippen LogP contribution in [0.15, 0.2) is 29.8 Å². The summed E-state index contributed by atoms with van der Waals surface area (Å²) in [6.45, 7) is 2.80. The third kappa shape index (κ3) is 4.57. The number of hydrogen-bond acceptors (Lipinski definition) is 6. The number of nitrogens with one attached hydrogen (secondary N) is 1. The van der Waals surface area contributed by atoms with Crippen LogP contribution in [-0.2, 0) is 22.5 Å². The molecule has 23 heavy (non-hydrogen) atoms. The second-order valence-corrected chi connectivity index (χ2v) is 6.59. The fraction of sp³-hybridized carbons (Fsp3) is 0.438. The normalized spacial score (nSPS) is 18.7. The molecule has 0 spiro atoms. The van der Waals surface area contributed by atoms with Crippen molar-refractivity contribution in [3.05, 3.63) is 46.2 Å². The van der Waals surface area contributed by atoms with E-state index in [1.165, 1.54) is 0 Å². The molecule has 1 saturated heterocycles. The molecule has 1 atom stereocenters. The fourth-order valence-electron chi connectivity index (χ4n) is 2.42. The van der Waals surface area contributed by atoms with Crippen molar-refractivity contribution >= 4 is 17.2 Å². The number of thiophene rings is 1. The van der Waals surface area contributed by atoms with Gasteiger partial charge in [-0.05, 0) is 24.6 Å². The topological polar surface area (TPSA) is 67.3 Å². The van der Waals surface area contributed by atoms with Crippen LogP contribution in [0.5, 0.6) is 0 Å². The van der Waals surface area contributed by atoms with Gasteiger partial charge in [-0.25, -0.2) is 9.97 Å². The number of aromatic nitrogens is 2. The van der Waals surface area contributed by atoms with Crippen LogP contribution in [0, 0.1) is 0 Å². The van der Waals surface area contributed by atoms with Gasteiger partial charge in [-0.15, -0.1) is 11.3 Å². The minimum atomic E-state index is -0.101. The zero-order valence-electron chi connectivity index (χ0n) is 13.1. The van der Waals surface area contributed by atoms with E-state index in [9.17, 15) is 4.79 Å². The molecule has 2 aromatic rings. The molecule has 1 N–H and O–H groups in total. The number of nitrogens with zero attached hydrogens (tertiary/aromatic N) is 3. The highest BCUT2D eigenvalue weighted by Gasteiger charge is 2.22. The molecule has 1 amide bonds. The zero-order chi connectivity index (χ0) is 16.1. The van der Waals surface area contributed by atoms with Gasteiger partial charge in [-0.3, -0.25) is 4.79 Å². The Labute approximate surface area is 139 Å². The third-order valence-corrected chi connectivity index (χ3v) is 4.55. The van der Waals surface area contributed by atoms with Gasteiger partial charge < -0.3 is 15.0 Å². The highest BCUT2D eigenvalue weighted by molar-refractivity contribution is 7.10. The molecule has 2 aromatic heterocycles. The smallest absolute Gasteiger partial charge is 0.225 e. The summed E-state index contributed by atoms with van der Waals surface area (Å²) in [5.74, 6) is 0.683. The largest absolute Gasteiger partial charge is 0.368 e. The summed E-state index contributed by atoms with van der Waals surface area (Å²) in [7, 11) is 2.06. The van der Waals surface area contributed by atoms with E-state index in [-0.39, 0.29) is 12.0 Å². The van der Waals surface area contributed by atoms with Gasteiger partial charge in [-0.2, -0.15) is 0 Å². The fourth-order valence-corrected chi connectivity index (χ4v) is 3.13. The van der Waals surface area contributed by atoms with Crippen molar-refractivity contribution in [2.45, 2.75) is 19.1 Å². The van der Waals surface area contributed by atoms with Gasteiger partial charge in [0.05, 0.1) is 25.3 Å². The number of morpholine rings is 1. The Kier molecular flexibility index (Phi) is 5.32. The number of hydrogen-bond donors (Lipinski definition) is 1. The molecule has 0 radical (unpaired) electrons. The van der Waals surface area contributed by atoms with E-state index in [0.29, 0.717) is 25.4 Å². The summed E-state index contributed by atoms with van der Waals surface area (Å²) < 4.78 is 5.73. The molecule has 0 bridgehead atoms. The van der Waals surface area contributed by atoms with Crippen LogP contribution in [0.4, 0.5) is 0 Å². The molecule has 0 saturated carbocycles. The standard InChI is InChI=1S/C16H20N4O2S/c1-20-6-7-22-14(11-20)16-17-5-4-12(19-16)10-18-15(21)9-13-3-2-8-23-13/h2-5,8,14H,6-7,9-11H2,1H3,(H,18,21). The van der Waals surface area contributed by atoms with Crippen LogP contribution >= 0.6 is 11.3 Å². The van der Waals surface area contributed by atoms with Gasteiger partial charge in [0.2, 0.25) is 5.91 Å². The lowest BCUT2D eigenvalue weighted by Gasteiger charge is -2.29. The van der Waals surface area contributed by atoms with Crippen LogP contribution < -0.4 is 5.32 Å². The van der Waals surface area contributed by atoms with Crippen LogP contribution in [0.2, 0.25) is 0 Å². The predicted molar refractivity (Wildman–Crippen MR) is 88.1 cm³/mol. The predicted octanol–water partition coefficient (Wildman–Crippen LogP) is 1.40. The van der Waals surface area contributed by atoms with E-state index in [1.807, 2.05) is 23.6 Å². The highest BCUT2D eigenvalue weighted by Crippen LogP contribution is 2.18. The van der Waals surface area contributed by atoms with Crippen molar-refractivity contribution in [2.75, 3.05) is 26.7 Å². The number of amides is 1. The summed E-state index contributed by atoms with van der Waals surface area (Å²) in [4.78, 5) is 24.0. The maximum Gasteiger partial charge on any atom is 0.225 e. The Bertz CT molecular complexity index is 647. The molecule has 3 rings (SSSR count). The van der Waals surface area contributed by atoms with Gasteiger partial charge in [0.25, 0.3) is 0 Å². The molecule has 0 aromatic carbocycles. The molecule has 1 fully saturated rings. The van der Waals surface area contributed by atoms with E-state index in [2.05, 4.69) is 27.2 Å². The Morgan fingerprint density at radius 3 is 3.22 bits per heavy atom. The first-order valence-electron chi connectivity index (χ1n) is 7.62. The lowest BCUT2D eigenvalue weighted by Crippen LogP contribution is -2.36. The van der Waals surface area contributed by atoms with Crippen molar-refractivity contribution in [3.8, 4) is 0 Å². The first kappa shape index (κ1) is 16.0. The summed E-state index contributed by atoms with van der Waals surface area (Å²) in [6.07, 6.45) is 2.03. The Morgan fingerprint density at radius 1 is 1.52 bits per heavy atom.